The van der Waals surface area contributed by atoms with Gasteiger partial charge in [0.25, 0.3) is 11.8 Å². The Bertz CT molecular complexity index is 1110. The predicted molar refractivity (Wildman–Crippen MR) is 120 cm³/mol. The summed E-state index contributed by atoms with van der Waals surface area (Å²) in [5.41, 5.74) is 6.65. The van der Waals surface area contributed by atoms with E-state index in [4.69, 9.17) is 19.9 Å². The second-order valence-electron chi connectivity index (χ2n) is 6.70. The molecule has 3 aromatic rings. The maximum Gasteiger partial charge on any atom is 0.339 e. The van der Waals surface area contributed by atoms with E-state index in [2.05, 4.69) is 5.32 Å². The third kappa shape index (κ3) is 5.64. The molecule has 8 nitrogen and oxygen atoms in total. The first kappa shape index (κ1) is 22.8. The van der Waals surface area contributed by atoms with E-state index in [1.807, 2.05) is 30.3 Å². The Morgan fingerprint density at radius 2 is 1.81 bits per heavy atom. The first-order valence-electron chi connectivity index (χ1n) is 9.63. The van der Waals surface area contributed by atoms with Crippen LogP contribution in [-0.2, 0) is 16.1 Å². The summed E-state index contributed by atoms with van der Waals surface area (Å²) in [4.78, 5) is 36.3. The van der Waals surface area contributed by atoms with E-state index in [0.717, 1.165) is 16.9 Å². The summed E-state index contributed by atoms with van der Waals surface area (Å²) in [5.74, 6) is -1.12. The van der Waals surface area contributed by atoms with Crippen molar-refractivity contribution in [2.24, 2.45) is 5.73 Å². The minimum Gasteiger partial charge on any atom is -0.493 e. The number of primary amides is 1. The quantitative estimate of drug-likeness (QED) is 0.477. The summed E-state index contributed by atoms with van der Waals surface area (Å²) in [6.45, 7) is 1.77. The highest BCUT2D eigenvalue weighted by molar-refractivity contribution is 7.14. The average molecular weight is 455 g/mol. The maximum atomic E-state index is 12.5. The lowest BCUT2D eigenvalue weighted by molar-refractivity contribution is -0.123. The van der Waals surface area contributed by atoms with Crippen molar-refractivity contribution in [3.05, 3.63) is 76.7 Å². The van der Waals surface area contributed by atoms with E-state index < -0.39 is 23.9 Å². The summed E-state index contributed by atoms with van der Waals surface area (Å²) in [6, 6.07) is 15.8. The van der Waals surface area contributed by atoms with Crippen molar-refractivity contribution in [3.8, 4) is 11.5 Å². The van der Waals surface area contributed by atoms with Gasteiger partial charge in [-0.2, -0.15) is 0 Å². The number of thiophene rings is 1. The number of benzene rings is 2. The van der Waals surface area contributed by atoms with E-state index in [-0.39, 0.29) is 11.1 Å². The van der Waals surface area contributed by atoms with Crippen molar-refractivity contribution in [1.29, 1.82) is 0 Å². The van der Waals surface area contributed by atoms with Gasteiger partial charge in [0.15, 0.2) is 17.6 Å². The lowest BCUT2D eigenvalue weighted by atomic mass is 10.2. The van der Waals surface area contributed by atoms with Crippen LogP contribution in [0.25, 0.3) is 0 Å². The van der Waals surface area contributed by atoms with Crippen LogP contribution in [0.4, 0.5) is 5.00 Å². The van der Waals surface area contributed by atoms with Gasteiger partial charge >= 0.3 is 5.97 Å². The van der Waals surface area contributed by atoms with Crippen molar-refractivity contribution >= 4 is 34.1 Å². The van der Waals surface area contributed by atoms with Gasteiger partial charge in [-0.1, -0.05) is 30.3 Å². The summed E-state index contributed by atoms with van der Waals surface area (Å²) >= 11 is 1.14. The number of nitrogens with two attached hydrogens (primary N) is 1. The van der Waals surface area contributed by atoms with Crippen molar-refractivity contribution in [1.82, 2.24) is 0 Å². The van der Waals surface area contributed by atoms with Crippen LogP contribution >= 0.6 is 11.3 Å². The SMILES string of the molecule is COc1cc(C(=O)OC(C)C(=O)Nc2sccc2C(N)=O)ccc1OCc1ccccc1. The third-order valence-corrected chi connectivity index (χ3v) is 5.29. The van der Waals surface area contributed by atoms with Gasteiger partial charge in [0.2, 0.25) is 0 Å². The molecule has 0 radical (unpaired) electrons. The van der Waals surface area contributed by atoms with Gasteiger partial charge in [0.1, 0.15) is 11.6 Å². The Morgan fingerprint density at radius 3 is 2.50 bits per heavy atom. The second kappa shape index (κ2) is 10.5. The van der Waals surface area contributed by atoms with Gasteiger partial charge in [0, 0.05) is 0 Å². The molecule has 32 heavy (non-hydrogen) atoms. The summed E-state index contributed by atoms with van der Waals surface area (Å²) < 4.78 is 16.4. The first-order valence-corrected chi connectivity index (χ1v) is 10.5. The number of amides is 2. The second-order valence-corrected chi connectivity index (χ2v) is 7.62. The molecular weight excluding hydrogens is 432 g/mol. The lowest BCUT2D eigenvalue weighted by Crippen LogP contribution is -2.30. The van der Waals surface area contributed by atoms with Gasteiger partial charge in [0.05, 0.1) is 18.2 Å². The first-order chi connectivity index (χ1) is 15.4. The van der Waals surface area contributed by atoms with Gasteiger partial charge in [-0.15, -0.1) is 11.3 Å². The Balaban J connectivity index is 1.63. The number of hydrogen-bond donors (Lipinski definition) is 2. The van der Waals surface area contributed by atoms with Crippen LogP contribution in [0, 0.1) is 0 Å². The normalized spacial score (nSPS) is 11.3. The average Bonchev–Trinajstić information content (AvgIpc) is 3.26. The number of carbonyl (C=O) groups is 3. The fourth-order valence-electron chi connectivity index (χ4n) is 2.74. The molecule has 9 heteroatoms. The van der Waals surface area contributed by atoms with Crippen LogP contribution in [-0.4, -0.2) is 31.0 Å². The van der Waals surface area contributed by atoms with Crippen LogP contribution in [0.5, 0.6) is 11.5 Å². The molecule has 2 amide bonds. The highest BCUT2D eigenvalue weighted by atomic mass is 32.1. The van der Waals surface area contributed by atoms with Crippen molar-refractivity contribution in [3.63, 3.8) is 0 Å². The number of hydrogen-bond acceptors (Lipinski definition) is 7. The smallest absolute Gasteiger partial charge is 0.339 e. The molecule has 1 aromatic heterocycles. The monoisotopic (exact) mass is 454 g/mol. The molecule has 0 bridgehead atoms. The molecule has 0 saturated carbocycles. The number of nitrogens with one attached hydrogen (secondary N) is 1. The molecule has 2 aromatic carbocycles. The third-order valence-electron chi connectivity index (χ3n) is 4.46. The Morgan fingerprint density at radius 1 is 1.06 bits per heavy atom. The van der Waals surface area contributed by atoms with Crippen LogP contribution in [0.1, 0.15) is 33.2 Å². The topological polar surface area (TPSA) is 117 Å². The van der Waals surface area contributed by atoms with Gasteiger partial charge in [-0.25, -0.2) is 4.79 Å². The van der Waals surface area contributed by atoms with Crippen LogP contribution in [0.15, 0.2) is 60.0 Å². The van der Waals surface area contributed by atoms with Gasteiger partial charge in [-0.3, -0.25) is 9.59 Å². The number of rotatable bonds is 9. The van der Waals surface area contributed by atoms with E-state index in [1.165, 1.54) is 32.2 Å². The fourth-order valence-corrected chi connectivity index (χ4v) is 3.54. The zero-order valence-corrected chi connectivity index (χ0v) is 18.3. The summed E-state index contributed by atoms with van der Waals surface area (Å²) in [6.07, 6.45) is -1.11. The number of methoxy groups -OCH3 is 1. The molecule has 0 aliphatic heterocycles. The molecule has 0 saturated heterocycles. The Kier molecular flexibility index (Phi) is 7.45. The molecule has 3 rings (SSSR count). The molecule has 1 unspecified atom stereocenters. The zero-order chi connectivity index (χ0) is 23.1. The molecule has 0 fully saturated rings. The van der Waals surface area contributed by atoms with Gasteiger partial charge in [-0.05, 0) is 42.1 Å². The number of esters is 1. The summed E-state index contributed by atoms with van der Waals surface area (Å²) in [7, 11) is 1.47. The number of anilines is 1. The predicted octanol–water partition coefficient (Wildman–Crippen LogP) is 3.62. The maximum absolute atomic E-state index is 12.5. The Hall–Kier alpha value is -3.85. The largest absolute Gasteiger partial charge is 0.493 e. The molecule has 0 aliphatic carbocycles. The standard InChI is InChI=1S/C23H22N2O6S/c1-14(21(27)25-22-17(20(24)26)10-11-32-22)31-23(28)16-8-9-18(19(12-16)29-2)30-13-15-6-4-3-5-7-15/h3-12,14H,13H2,1-2H3,(H2,24,26)(H,25,27). The van der Waals surface area contributed by atoms with Crippen LogP contribution in [0.3, 0.4) is 0 Å². The highest BCUT2D eigenvalue weighted by Gasteiger charge is 2.22. The highest BCUT2D eigenvalue weighted by Crippen LogP contribution is 2.29. The number of carbonyl (C=O) groups excluding carboxylic acids is 3. The van der Waals surface area contributed by atoms with E-state index >= 15 is 0 Å². The van der Waals surface area contributed by atoms with E-state index in [0.29, 0.717) is 23.1 Å². The minimum atomic E-state index is -1.11. The Labute approximate surface area is 188 Å². The van der Waals surface area contributed by atoms with Crippen LogP contribution < -0.4 is 20.5 Å². The lowest BCUT2D eigenvalue weighted by Gasteiger charge is -2.15. The van der Waals surface area contributed by atoms with Crippen LogP contribution in [0.2, 0.25) is 0 Å². The molecular formula is C23H22N2O6S. The van der Waals surface area contributed by atoms with E-state index in [9.17, 15) is 14.4 Å². The molecule has 166 valence electrons. The zero-order valence-electron chi connectivity index (χ0n) is 17.5. The molecule has 1 atom stereocenters. The summed E-state index contributed by atoms with van der Waals surface area (Å²) in [5, 5.41) is 4.47. The molecule has 0 spiro atoms. The molecule has 0 aliphatic rings. The minimum absolute atomic E-state index is 0.192. The van der Waals surface area contributed by atoms with Crippen molar-refractivity contribution in [2.75, 3.05) is 12.4 Å². The van der Waals surface area contributed by atoms with Crippen molar-refractivity contribution < 1.29 is 28.6 Å². The molecule has 1 heterocycles. The van der Waals surface area contributed by atoms with Gasteiger partial charge < -0.3 is 25.3 Å². The van der Waals surface area contributed by atoms with Crippen molar-refractivity contribution in [2.45, 2.75) is 19.6 Å². The number of ether oxygens (including phenoxy) is 3. The fraction of sp³-hybridized carbons (Fsp3) is 0.174. The molecule has 3 N–H and O–H groups in total. The van der Waals surface area contributed by atoms with E-state index in [1.54, 1.807) is 11.4 Å².